The van der Waals surface area contributed by atoms with E-state index in [1.54, 1.807) is 19.1 Å². The van der Waals surface area contributed by atoms with Gasteiger partial charge in [0, 0.05) is 6.07 Å². The fourth-order valence-electron chi connectivity index (χ4n) is 1.62. The first-order valence-corrected chi connectivity index (χ1v) is 6.29. The van der Waals surface area contributed by atoms with E-state index in [0.29, 0.717) is 22.4 Å². The number of nitrogens with zero attached hydrogens (tertiary/aromatic N) is 2. The maximum absolute atomic E-state index is 11.8. The van der Waals surface area contributed by atoms with Crippen LogP contribution < -0.4 is 5.56 Å². The van der Waals surface area contributed by atoms with Crippen molar-refractivity contribution in [1.29, 1.82) is 0 Å². The van der Waals surface area contributed by atoms with Gasteiger partial charge in [-0.3, -0.25) is 9.36 Å². The van der Waals surface area contributed by atoms with Crippen molar-refractivity contribution in [1.82, 2.24) is 9.55 Å². The van der Waals surface area contributed by atoms with Crippen molar-refractivity contribution < 1.29 is 0 Å². The monoisotopic (exact) mass is 302 g/mol. The van der Waals surface area contributed by atoms with Gasteiger partial charge in [-0.1, -0.05) is 46.9 Å². The lowest BCUT2D eigenvalue weighted by molar-refractivity contribution is 0.700. The first-order chi connectivity index (χ1) is 8.49. The van der Waals surface area contributed by atoms with E-state index >= 15 is 0 Å². The Morgan fingerprint density at radius 3 is 2.67 bits per heavy atom. The quantitative estimate of drug-likeness (QED) is 0.795. The fourth-order valence-corrected chi connectivity index (χ4v) is 2.22. The van der Waals surface area contributed by atoms with E-state index in [4.69, 9.17) is 34.8 Å². The molecular weight excluding hydrogens is 295 g/mol. The summed E-state index contributed by atoms with van der Waals surface area (Å²) in [6, 6.07) is 6.57. The second kappa shape index (κ2) is 5.31. The molecule has 2 rings (SSSR count). The molecule has 1 aromatic heterocycles. The Kier molecular flexibility index (Phi) is 3.95. The number of rotatable bonds is 2. The largest absolute Gasteiger partial charge is 0.292 e. The minimum atomic E-state index is -0.219. The standard InChI is InChI=1S/C12H9Cl3N2O/c1-7-16-10(14)5-11(18)17(7)6-8-3-2-4-9(13)12(8)15/h2-5H,6H2,1H3. The lowest BCUT2D eigenvalue weighted by Crippen LogP contribution is -2.23. The molecule has 18 heavy (non-hydrogen) atoms. The van der Waals surface area contributed by atoms with Gasteiger partial charge in [0.15, 0.2) is 0 Å². The maximum Gasteiger partial charge on any atom is 0.255 e. The van der Waals surface area contributed by atoms with Gasteiger partial charge in [0.05, 0.1) is 16.6 Å². The van der Waals surface area contributed by atoms with Gasteiger partial charge in [0.2, 0.25) is 0 Å². The zero-order valence-corrected chi connectivity index (χ0v) is 11.7. The Hall–Kier alpha value is -1.03. The number of benzene rings is 1. The van der Waals surface area contributed by atoms with Crippen LogP contribution in [0.4, 0.5) is 0 Å². The van der Waals surface area contributed by atoms with Gasteiger partial charge in [0.25, 0.3) is 5.56 Å². The highest BCUT2D eigenvalue weighted by Crippen LogP contribution is 2.26. The minimum Gasteiger partial charge on any atom is -0.292 e. The molecule has 0 saturated carbocycles. The summed E-state index contributed by atoms with van der Waals surface area (Å²) in [7, 11) is 0. The summed E-state index contributed by atoms with van der Waals surface area (Å²) >= 11 is 17.7. The molecule has 0 aliphatic carbocycles. The average Bonchev–Trinajstić information content (AvgIpc) is 2.28. The SMILES string of the molecule is Cc1nc(Cl)cc(=O)n1Cc1cccc(Cl)c1Cl. The molecule has 3 nitrogen and oxygen atoms in total. The number of hydrogen-bond donors (Lipinski definition) is 0. The van der Waals surface area contributed by atoms with Crippen molar-refractivity contribution in [3.05, 3.63) is 61.2 Å². The van der Waals surface area contributed by atoms with Crippen LogP contribution in [0.1, 0.15) is 11.4 Å². The Labute approximate surface area is 119 Å². The van der Waals surface area contributed by atoms with Gasteiger partial charge < -0.3 is 0 Å². The highest BCUT2D eigenvalue weighted by Gasteiger charge is 2.09. The third-order valence-electron chi connectivity index (χ3n) is 2.53. The van der Waals surface area contributed by atoms with E-state index in [9.17, 15) is 4.79 Å². The van der Waals surface area contributed by atoms with Crippen molar-refractivity contribution in [2.75, 3.05) is 0 Å². The maximum atomic E-state index is 11.8. The highest BCUT2D eigenvalue weighted by atomic mass is 35.5. The highest BCUT2D eigenvalue weighted by molar-refractivity contribution is 6.42. The van der Waals surface area contributed by atoms with Crippen molar-refractivity contribution >= 4 is 34.8 Å². The van der Waals surface area contributed by atoms with Crippen LogP contribution in [0.25, 0.3) is 0 Å². The van der Waals surface area contributed by atoms with Gasteiger partial charge in [-0.15, -0.1) is 0 Å². The molecule has 0 unspecified atom stereocenters. The lowest BCUT2D eigenvalue weighted by atomic mass is 10.2. The van der Waals surface area contributed by atoms with E-state index in [-0.39, 0.29) is 10.7 Å². The molecule has 0 atom stereocenters. The second-order valence-electron chi connectivity index (χ2n) is 3.76. The van der Waals surface area contributed by atoms with Crippen molar-refractivity contribution in [3.8, 4) is 0 Å². The van der Waals surface area contributed by atoms with Gasteiger partial charge in [-0.2, -0.15) is 0 Å². The number of aryl methyl sites for hydroxylation is 1. The molecule has 0 aliphatic heterocycles. The molecule has 6 heteroatoms. The Morgan fingerprint density at radius 2 is 2.00 bits per heavy atom. The van der Waals surface area contributed by atoms with Crippen LogP contribution in [0.5, 0.6) is 0 Å². The Morgan fingerprint density at radius 1 is 1.28 bits per heavy atom. The third kappa shape index (κ3) is 2.69. The van der Waals surface area contributed by atoms with Crippen LogP contribution >= 0.6 is 34.8 Å². The average molecular weight is 304 g/mol. The molecule has 0 spiro atoms. The summed E-state index contributed by atoms with van der Waals surface area (Å²) in [5.74, 6) is 0.531. The van der Waals surface area contributed by atoms with Gasteiger partial charge >= 0.3 is 0 Å². The van der Waals surface area contributed by atoms with Crippen LogP contribution in [-0.4, -0.2) is 9.55 Å². The molecular formula is C12H9Cl3N2O. The number of hydrogen-bond acceptors (Lipinski definition) is 2. The zero-order valence-electron chi connectivity index (χ0n) is 9.45. The van der Waals surface area contributed by atoms with Crippen molar-refractivity contribution in [2.45, 2.75) is 13.5 Å². The predicted octanol–water partition coefficient (Wildman–Crippen LogP) is 3.56. The first kappa shape index (κ1) is 13.4. The smallest absolute Gasteiger partial charge is 0.255 e. The molecule has 0 amide bonds. The van der Waals surface area contributed by atoms with E-state index in [2.05, 4.69) is 4.98 Å². The summed E-state index contributed by atoms with van der Waals surface area (Å²) < 4.78 is 1.49. The van der Waals surface area contributed by atoms with Crippen molar-refractivity contribution in [2.24, 2.45) is 0 Å². The molecule has 0 saturated heterocycles. The molecule has 1 aromatic carbocycles. The van der Waals surface area contributed by atoms with E-state index in [1.165, 1.54) is 10.6 Å². The molecule has 0 fully saturated rings. The van der Waals surface area contributed by atoms with Crippen LogP contribution in [-0.2, 0) is 6.54 Å². The predicted molar refractivity (Wildman–Crippen MR) is 73.8 cm³/mol. The van der Waals surface area contributed by atoms with E-state index in [1.807, 2.05) is 6.07 Å². The van der Waals surface area contributed by atoms with E-state index in [0.717, 1.165) is 5.56 Å². The molecule has 0 bridgehead atoms. The lowest BCUT2D eigenvalue weighted by Gasteiger charge is -2.11. The zero-order chi connectivity index (χ0) is 13.3. The first-order valence-electron chi connectivity index (χ1n) is 5.16. The third-order valence-corrected chi connectivity index (χ3v) is 3.58. The molecule has 94 valence electrons. The molecule has 0 aliphatic rings. The normalized spacial score (nSPS) is 10.7. The molecule has 0 radical (unpaired) electrons. The topological polar surface area (TPSA) is 34.9 Å². The summed E-state index contributed by atoms with van der Waals surface area (Å²) in [5.41, 5.74) is 0.544. The number of aromatic nitrogens is 2. The van der Waals surface area contributed by atoms with Crippen LogP contribution in [0, 0.1) is 6.92 Å². The van der Waals surface area contributed by atoms with E-state index < -0.39 is 0 Å². The second-order valence-corrected chi connectivity index (χ2v) is 4.94. The Balaban J connectivity index is 2.47. The Bertz CT molecular complexity index is 652. The van der Waals surface area contributed by atoms with Gasteiger partial charge in [0.1, 0.15) is 11.0 Å². The molecule has 1 heterocycles. The van der Waals surface area contributed by atoms with Gasteiger partial charge in [-0.05, 0) is 18.6 Å². The number of halogens is 3. The molecule has 0 N–H and O–H groups in total. The summed E-state index contributed by atoms with van der Waals surface area (Å²) in [6.45, 7) is 2.03. The molecule has 2 aromatic rings. The fraction of sp³-hybridized carbons (Fsp3) is 0.167. The van der Waals surface area contributed by atoms with Crippen LogP contribution in [0.2, 0.25) is 15.2 Å². The summed E-state index contributed by atoms with van der Waals surface area (Å²) in [5, 5.41) is 1.09. The summed E-state index contributed by atoms with van der Waals surface area (Å²) in [6.07, 6.45) is 0. The summed E-state index contributed by atoms with van der Waals surface area (Å²) in [4.78, 5) is 15.9. The minimum absolute atomic E-state index is 0.186. The van der Waals surface area contributed by atoms with Crippen LogP contribution in [0.3, 0.4) is 0 Å². The van der Waals surface area contributed by atoms with Gasteiger partial charge in [-0.25, -0.2) is 4.98 Å². The van der Waals surface area contributed by atoms with Crippen molar-refractivity contribution in [3.63, 3.8) is 0 Å². The van der Waals surface area contributed by atoms with Crippen LogP contribution in [0.15, 0.2) is 29.1 Å².